The molecule has 59 heavy (non-hydrogen) atoms. The predicted octanol–water partition coefficient (Wildman–Crippen LogP) is 13.9. The Kier molecular flexibility index (Phi) is 8.06. The lowest BCUT2D eigenvalue weighted by molar-refractivity contribution is 0.427. The standard InChI is InChI=1S/C56H40N2O/c1-55(2)44-27-9-11-29-46(44)56(47-30-12-10-28-45(47)55)48-31-13-14-33-52(48)59-53-43(26-17-32-49(53)56)40-23-16-25-42(35-40)51-36-50(57-54(58-51)38-20-7-4-8-21-38)41-24-15-22-39(34-41)37-18-5-3-6-19-37/h3-36H,1-2H3. The monoisotopic (exact) mass is 756 g/mol. The van der Waals surface area contributed by atoms with Crippen LogP contribution in [0.25, 0.3) is 56.2 Å². The van der Waals surface area contributed by atoms with Crippen molar-refractivity contribution >= 4 is 0 Å². The fraction of sp³-hybridized carbons (Fsp3) is 0.0714. The molecule has 280 valence electrons. The smallest absolute Gasteiger partial charge is 0.160 e. The van der Waals surface area contributed by atoms with E-state index < -0.39 is 5.41 Å². The zero-order valence-corrected chi connectivity index (χ0v) is 32.9. The first kappa shape index (κ1) is 34.9. The normalized spacial score (nSPS) is 14.0. The van der Waals surface area contributed by atoms with Crippen LogP contribution in [-0.2, 0) is 10.8 Å². The van der Waals surface area contributed by atoms with Gasteiger partial charge >= 0.3 is 0 Å². The van der Waals surface area contributed by atoms with E-state index in [2.05, 4.69) is 196 Å². The summed E-state index contributed by atoms with van der Waals surface area (Å²) in [5.74, 6) is 2.43. The molecular formula is C56H40N2O. The van der Waals surface area contributed by atoms with Crippen LogP contribution < -0.4 is 4.74 Å². The van der Waals surface area contributed by atoms with Crippen LogP contribution in [0.15, 0.2) is 206 Å². The van der Waals surface area contributed by atoms with E-state index >= 15 is 0 Å². The summed E-state index contributed by atoms with van der Waals surface area (Å²) in [7, 11) is 0. The molecule has 1 aliphatic carbocycles. The molecule has 0 radical (unpaired) electrons. The molecular weight excluding hydrogens is 717 g/mol. The van der Waals surface area contributed by atoms with Gasteiger partial charge in [-0.2, -0.15) is 0 Å². The fourth-order valence-electron chi connectivity index (χ4n) is 9.66. The Morgan fingerprint density at radius 1 is 0.356 bits per heavy atom. The van der Waals surface area contributed by atoms with Gasteiger partial charge in [0.15, 0.2) is 5.82 Å². The number of nitrogens with zero attached hydrogens (tertiary/aromatic N) is 2. The molecule has 1 aromatic heterocycles. The predicted molar refractivity (Wildman–Crippen MR) is 240 cm³/mol. The third-order valence-electron chi connectivity index (χ3n) is 12.4. The van der Waals surface area contributed by atoms with Gasteiger partial charge in [-0.1, -0.05) is 196 Å². The number of aromatic nitrogens is 2. The Bertz CT molecular complexity index is 3010. The summed E-state index contributed by atoms with van der Waals surface area (Å²) >= 11 is 0. The first-order valence-electron chi connectivity index (χ1n) is 20.3. The number of hydrogen-bond acceptors (Lipinski definition) is 3. The third kappa shape index (κ3) is 5.50. The molecule has 0 amide bonds. The maximum Gasteiger partial charge on any atom is 0.160 e. The van der Waals surface area contributed by atoms with Crippen LogP contribution >= 0.6 is 0 Å². The lowest BCUT2D eigenvalue weighted by Gasteiger charge is -2.50. The van der Waals surface area contributed by atoms with E-state index in [0.717, 1.165) is 67.4 Å². The van der Waals surface area contributed by atoms with Crippen LogP contribution in [0.5, 0.6) is 11.5 Å². The summed E-state index contributed by atoms with van der Waals surface area (Å²) in [5, 5.41) is 0. The first-order valence-corrected chi connectivity index (χ1v) is 20.3. The molecule has 0 saturated heterocycles. The summed E-state index contributed by atoms with van der Waals surface area (Å²) in [6, 6.07) is 73.5. The Morgan fingerprint density at radius 3 is 1.46 bits per heavy atom. The van der Waals surface area contributed by atoms with Crippen LogP contribution in [0.1, 0.15) is 47.2 Å². The zero-order chi connectivity index (χ0) is 39.6. The minimum absolute atomic E-state index is 0.185. The lowest BCUT2D eigenvalue weighted by atomic mass is 9.53. The highest BCUT2D eigenvalue weighted by molar-refractivity contribution is 5.84. The van der Waals surface area contributed by atoms with E-state index in [-0.39, 0.29) is 5.41 Å². The number of para-hydroxylation sites is 2. The molecule has 11 rings (SSSR count). The zero-order valence-electron chi connectivity index (χ0n) is 32.9. The quantitative estimate of drug-likeness (QED) is 0.175. The van der Waals surface area contributed by atoms with Crippen LogP contribution in [0.2, 0.25) is 0 Å². The SMILES string of the molecule is CC1(C)c2ccccc2C2(c3ccccc3Oc3c(-c4cccc(-c5cc(-c6cccc(-c7ccccc7)c6)nc(-c6ccccc6)n5)c4)cccc32)c2ccccc21. The van der Waals surface area contributed by atoms with Crippen LogP contribution in [0, 0.1) is 0 Å². The molecule has 8 aromatic carbocycles. The third-order valence-corrected chi connectivity index (χ3v) is 12.4. The van der Waals surface area contributed by atoms with Gasteiger partial charge in [-0.25, -0.2) is 9.97 Å². The van der Waals surface area contributed by atoms with Gasteiger partial charge in [-0.15, -0.1) is 0 Å². The molecule has 2 heterocycles. The topological polar surface area (TPSA) is 35.0 Å². The molecule has 0 fully saturated rings. The molecule has 3 heteroatoms. The molecule has 0 bridgehead atoms. The summed E-state index contributed by atoms with van der Waals surface area (Å²) < 4.78 is 7.09. The lowest BCUT2D eigenvalue weighted by Crippen LogP contribution is -2.43. The van der Waals surface area contributed by atoms with Crippen molar-refractivity contribution in [2.24, 2.45) is 0 Å². The Hall–Kier alpha value is -7.36. The number of hydrogen-bond donors (Lipinski definition) is 0. The molecule has 0 saturated carbocycles. The Labute approximate surface area is 345 Å². The number of fused-ring (bicyclic) bond motifs is 8. The fourth-order valence-corrected chi connectivity index (χ4v) is 9.66. The minimum atomic E-state index is -0.582. The van der Waals surface area contributed by atoms with Crippen LogP contribution in [-0.4, -0.2) is 9.97 Å². The summed E-state index contributed by atoms with van der Waals surface area (Å²) in [4.78, 5) is 10.4. The van der Waals surface area contributed by atoms with Crippen molar-refractivity contribution in [3.8, 4) is 67.7 Å². The van der Waals surface area contributed by atoms with Gasteiger partial charge in [0.05, 0.1) is 16.8 Å². The summed E-state index contributed by atoms with van der Waals surface area (Å²) in [6.07, 6.45) is 0. The van der Waals surface area contributed by atoms with E-state index in [4.69, 9.17) is 14.7 Å². The molecule has 0 N–H and O–H groups in total. The number of rotatable bonds is 5. The van der Waals surface area contributed by atoms with Crippen molar-refractivity contribution in [2.45, 2.75) is 24.7 Å². The average molecular weight is 757 g/mol. The summed E-state index contributed by atoms with van der Waals surface area (Å²) in [6.45, 7) is 4.71. The van der Waals surface area contributed by atoms with Crippen molar-refractivity contribution in [1.29, 1.82) is 0 Å². The number of benzene rings is 8. The van der Waals surface area contributed by atoms with Gasteiger partial charge in [-0.3, -0.25) is 0 Å². The van der Waals surface area contributed by atoms with E-state index in [0.29, 0.717) is 5.82 Å². The van der Waals surface area contributed by atoms with E-state index in [1.54, 1.807) is 0 Å². The maximum absolute atomic E-state index is 7.09. The van der Waals surface area contributed by atoms with Gasteiger partial charge in [-0.05, 0) is 63.2 Å². The second kappa shape index (κ2) is 13.6. The average Bonchev–Trinajstić information content (AvgIpc) is 3.31. The van der Waals surface area contributed by atoms with Crippen molar-refractivity contribution in [3.05, 3.63) is 240 Å². The minimum Gasteiger partial charge on any atom is -0.456 e. The van der Waals surface area contributed by atoms with Gasteiger partial charge in [0.25, 0.3) is 0 Å². The van der Waals surface area contributed by atoms with Crippen LogP contribution in [0.4, 0.5) is 0 Å². The highest BCUT2D eigenvalue weighted by atomic mass is 16.5. The van der Waals surface area contributed by atoms with E-state index in [9.17, 15) is 0 Å². The molecule has 0 unspecified atom stereocenters. The number of ether oxygens (including phenoxy) is 1. The Balaban J connectivity index is 1.10. The highest BCUT2D eigenvalue weighted by Crippen LogP contribution is 2.62. The van der Waals surface area contributed by atoms with Crippen molar-refractivity contribution in [2.75, 3.05) is 0 Å². The molecule has 1 aliphatic heterocycles. The Morgan fingerprint density at radius 2 is 0.814 bits per heavy atom. The maximum atomic E-state index is 7.09. The van der Waals surface area contributed by atoms with Crippen LogP contribution in [0.3, 0.4) is 0 Å². The van der Waals surface area contributed by atoms with Gasteiger partial charge in [0.1, 0.15) is 11.5 Å². The van der Waals surface area contributed by atoms with Gasteiger partial charge in [0.2, 0.25) is 0 Å². The molecule has 2 aliphatic rings. The van der Waals surface area contributed by atoms with Gasteiger partial charge < -0.3 is 4.74 Å². The van der Waals surface area contributed by atoms with Crippen molar-refractivity contribution < 1.29 is 4.74 Å². The second-order valence-corrected chi connectivity index (χ2v) is 16.1. The van der Waals surface area contributed by atoms with E-state index in [1.165, 1.54) is 27.8 Å². The first-order chi connectivity index (χ1) is 29.0. The van der Waals surface area contributed by atoms with Gasteiger partial charge in [0, 0.05) is 38.8 Å². The second-order valence-electron chi connectivity index (χ2n) is 16.1. The molecule has 9 aromatic rings. The largest absolute Gasteiger partial charge is 0.456 e. The molecule has 3 nitrogen and oxygen atoms in total. The molecule has 1 spiro atoms. The highest BCUT2D eigenvalue weighted by Gasteiger charge is 2.53. The van der Waals surface area contributed by atoms with E-state index in [1.807, 2.05) is 24.3 Å². The van der Waals surface area contributed by atoms with Crippen molar-refractivity contribution in [3.63, 3.8) is 0 Å². The van der Waals surface area contributed by atoms with Crippen molar-refractivity contribution in [1.82, 2.24) is 9.97 Å². The molecule has 0 atom stereocenters. The summed E-state index contributed by atoms with van der Waals surface area (Å²) in [5.41, 5.74) is 15.9.